The normalized spacial score (nSPS) is 12.3. The minimum atomic E-state index is -1.28. The Kier molecular flexibility index (Phi) is 9.50. The van der Waals surface area contributed by atoms with Crippen molar-refractivity contribution < 1.29 is 14.3 Å². The number of carbonyl (C=O) groups is 1. The molecule has 0 aliphatic rings. The highest BCUT2D eigenvalue weighted by Gasteiger charge is 2.44. The molecule has 1 atom stereocenters. The van der Waals surface area contributed by atoms with Crippen LogP contribution >= 0.6 is 12.4 Å². The summed E-state index contributed by atoms with van der Waals surface area (Å²) in [6, 6.07) is 19.0. The number of rotatable bonds is 9. The molecule has 0 saturated heterocycles. The van der Waals surface area contributed by atoms with Gasteiger partial charge in [0.05, 0.1) is 0 Å². The van der Waals surface area contributed by atoms with E-state index in [9.17, 15) is 4.79 Å². The molecule has 0 heterocycles. The third kappa shape index (κ3) is 5.32. The number of esters is 1. The molecule has 27 heavy (non-hydrogen) atoms. The molecule has 4 nitrogen and oxygen atoms in total. The maximum absolute atomic E-state index is 13.3. The van der Waals surface area contributed by atoms with Gasteiger partial charge in [0.2, 0.25) is 5.60 Å². The highest BCUT2D eigenvalue weighted by Crippen LogP contribution is 2.35. The van der Waals surface area contributed by atoms with E-state index < -0.39 is 11.6 Å². The lowest BCUT2D eigenvalue weighted by atomic mass is 9.86. The molecule has 0 fully saturated rings. The van der Waals surface area contributed by atoms with Gasteiger partial charge in [0.15, 0.2) is 0 Å². The summed E-state index contributed by atoms with van der Waals surface area (Å²) in [7, 11) is 1.55. The summed E-state index contributed by atoms with van der Waals surface area (Å²) >= 11 is 0. The quantitative estimate of drug-likeness (QED) is 0.598. The third-order valence-electron chi connectivity index (χ3n) is 4.67. The molecule has 0 bridgehead atoms. The Labute approximate surface area is 168 Å². The van der Waals surface area contributed by atoms with E-state index in [1.807, 2.05) is 67.6 Å². The number of nitrogens with zero attached hydrogens (tertiary/aromatic N) is 1. The maximum Gasteiger partial charge on any atom is 0.348 e. The van der Waals surface area contributed by atoms with Gasteiger partial charge in [-0.25, -0.2) is 4.79 Å². The Hall–Kier alpha value is -1.88. The first-order chi connectivity index (χ1) is 12.6. The predicted molar refractivity (Wildman–Crippen MR) is 111 cm³/mol. The van der Waals surface area contributed by atoms with Gasteiger partial charge in [-0.05, 0) is 31.1 Å². The zero-order valence-electron chi connectivity index (χ0n) is 16.6. The molecule has 0 aromatic heterocycles. The Morgan fingerprint density at radius 3 is 1.78 bits per heavy atom. The lowest BCUT2D eigenvalue weighted by molar-refractivity contribution is -0.171. The number of carbonyl (C=O) groups excluding carboxylic acids is 1. The smallest absolute Gasteiger partial charge is 0.348 e. The van der Waals surface area contributed by atoms with Crippen LogP contribution in [0.25, 0.3) is 0 Å². The lowest BCUT2D eigenvalue weighted by Gasteiger charge is -2.33. The SMILES string of the molecule is CCN(CC)CC(C)OC(=O)C(OC)(c1ccccc1)c1ccccc1.Cl. The van der Waals surface area contributed by atoms with E-state index >= 15 is 0 Å². The first kappa shape index (κ1) is 23.2. The average Bonchev–Trinajstić information content (AvgIpc) is 2.69. The van der Waals surface area contributed by atoms with E-state index in [1.165, 1.54) is 0 Å². The molecule has 0 aliphatic heterocycles. The molecular weight excluding hydrogens is 362 g/mol. The summed E-state index contributed by atoms with van der Waals surface area (Å²) in [5.74, 6) is -0.392. The topological polar surface area (TPSA) is 38.8 Å². The molecule has 0 radical (unpaired) electrons. The third-order valence-corrected chi connectivity index (χ3v) is 4.67. The molecule has 148 valence electrons. The molecule has 2 rings (SSSR count). The van der Waals surface area contributed by atoms with E-state index in [0.717, 1.165) is 24.2 Å². The minimum Gasteiger partial charge on any atom is -0.459 e. The van der Waals surface area contributed by atoms with Crippen LogP contribution in [0.5, 0.6) is 0 Å². The second-order valence-corrected chi connectivity index (χ2v) is 6.32. The van der Waals surface area contributed by atoms with Gasteiger partial charge in [-0.2, -0.15) is 0 Å². The monoisotopic (exact) mass is 391 g/mol. The van der Waals surface area contributed by atoms with Gasteiger partial charge in [0.1, 0.15) is 6.10 Å². The number of hydrogen-bond acceptors (Lipinski definition) is 4. The molecule has 5 heteroatoms. The van der Waals surface area contributed by atoms with Crippen LogP contribution < -0.4 is 0 Å². The molecular formula is C22H30ClNO3. The van der Waals surface area contributed by atoms with Crippen LogP contribution in [0.2, 0.25) is 0 Å². The number of ether oxygens (including phenoxy) is 2. The average molecular weight is 392 g/mol. The van der Waals surface area contributed by atoms with Crippen LogP contribution in [-0.2, 0) is 19.9 Å². The summed E-state index contributed by atoms with van der Waals surface area (Å²) in [6.45, 7) is 8.67. The maximum atomic E-state index is 13.3. The number of likely N-dealkylation sites (N-methyl/N-ethyl adjacent to an activating group) is 1. The number of hydrogen-bond donors (Lipinski definition) is 0. The van der Waals surface area contributed by atoms with Crippen molar-refractivity contribution in [1.82, 2.24) is 4.90 Å². The van der Waals surface area contributed by atoms with Crippen molar-refractivity contribution in [3.05, 3.63) is 71.8 Å². The van der Waals surface area contributed by atoms with Gasteiger partial charge in [-0.1, -0.05) is 74.5 Å². The summed E-state index contributed by atoms with van der Waals surface area (Å²) in [5.41, 5.74) is 0.238. The van der Waals surface area contributed by atoms with Crippen LogP contribution in [0, 0.1) is 0 Å². The zero-order chi connectivity index (χ0) is 19.0. The highest BCUT2D eigenvalue weighted by atomic mass is 35.5. The first-order valence-electron chi connectivity index (χ1n) is 9.18. The van der Waals surface area contributed by atoms with Crippen molar-refractivity contribution in [1.29, 1.82) is 0 Å². The molecule has 0 saturated carbocycles. The molecule has 2 aromatic rings. The molecule has 1 unspecified atom stereocenters. The van der Waals surface area contributed by atoms with Crippen LogP contribution in [-0.4, -0.2) is 43.7 Å². The molecule has 0 N–H and O–H groups in total. The van der Waals surface area contributed by atoms with Gasteiger partial charge < -0.3 is 14.4 Å². The van der Waals surface area contributed by atoms with E-state index in [-0.39, 0.29) is 18.5 Å². The second kappa shape index (κ2) is 11.1. The summed E-state index contributed by atoms with van der Waals surface area (Å²) < 4.78 is 11.7. The van der Waals surface area contributed by atoms with E-state index in [1.54, 1.807) is 7.11 Å². The van der Waals surface area contributed by atoms with Crippen molar-refractivity contribution in [2.75, 3.05) is 26.7 Å². The van der Waals surface area contributed by atoms with Crippen molar-refractivity contribution in [2.45, 2.75) is 32.5 Å². The molecule has 2 aromatic carbocycles. The largest absolute Gasteiger partial charge is 0.459 e. The lowest BCUT2D eigenvalue weighted by Crippen LogP contribution is -2.43. The van der Waals surface area contributed by atoms with Gasteiger partial charge in [-0.15, -0.1) is 12.4 Å². The fraction of sp³-hybridized carbons (Fsp3) is 0.409. The number of halogens is 1. The fourth-order valence-corrected chi connectivity index (χ4v) is 3.22. The van der Waals surface area contributed by atoms with Crippen molar-refractivity contribution in [3.63, 3.8) is 0 Å². The Bertz CT molecular complexity index is 635. The second-order valence-electron chi connectivity index (χ2n) is 6.32. The van der Waals surface area contributed by atoms with Gasteiger partial charge >= 0.3 is 5.97 Å². The Morgan fingerprint density at radius 2 is 1.41 bits per heavy atom. The summed E-state index contributed by atoms with van der Waals surface area (Å²) in [5, 5.41) is 0. The molecule has 0 aliphatic carbocycles. The summed E-state index contributed by atoms with van der Waals surface area (Å²) in [4.78, 5) is 15.5. The molecule has 0 spiro atoms. The Morgan fingerprint density at radius 1 is 0.963 bits per heavy atom. The van der Waals surface area contributed by atoms with Gasteiger partial charge in [-0.3, -0.25) is 0 Å². The van der Waals surface area contributed by atoms with Crippen LogP contribution in [0.15, 0.2) is 60.7 Å². The number of methoxy groups -OCH3 is 1. The summed E-state index contributed by atoms with van der Waals surface area (Å²) in [6.07, 6.45) is -0.232. The molecule has 0 amide bonds. The van der Waals surface area contributed by atoms with E-state index in [2.05, 4.69) is 18.7 Å². The van der Waals surface area contributed by atoms with Crippen LogP contribution in [0.4, 0.5) is 0 Å². The van der Waals surface area contributed by atoms with Crippen LogP contribution in [0.3, 0.4) is 0 Å². The van der Waals surface area contributed by atoms with Gasteiger partial charge in [0.25, 0.3) is 0 Å². The minimum absolute atomic E-state index is 0. The first-order valence-corrected chi connectivity index (χ1v) is 9.18. The van der Waals surface area contributed by atoms with E-state index in [4.69, 9.17) is 9.47 Å². The van der Waals surface area contributed by atoms with E-state index in [0.29, 0.717) is 6.54 Å². The number of benzene rings is 2. The fourth-order valence-electron chi connectivity index (χ4n) is 3.22. The highest BCUT2D eigenvalue weighted by molar-refractivity contribution is 5.86. The zero-order valence-corrected chi connectivity index (χ0v) is 17.4. The van der Waals surface area contributed by atoms with Crippen molar-refractivity contribution >= 4 is 18.4 Å². The Balaban J connectivity index is 0.00000364. The van der Waals surface area contributed by atoms with Gasteiger partial charge in [0, 0.05) is 13.7 Å². The van der Waals surface area contributed by atoms with Crippen molar-refractivity contribution in [2.24, 2.45) is 0 Å². The van der Waals surface area contributed by atoms with Crippen molar-refractivity contribution in [3.8, 4) is 0 Å². The standard InChI is InChI=1S/C22H29NO3.ClH/c1-5-23(6-2)17-18(3)26-21(24)22(25-4,19-13-9-7-10-14-19)20-15-11-8-12-16-20;/h7-16,18H,5-6,17H2,1-4H3;1H. The van der Waals surface area contributed by atoms with Crippen LogP contribution in [0.1, 0.15) is 31.9 Å². The predicted octanol–water partition coefficient (Wildman–Crippen LogP) is 4.27.